The van der Waals surface area contributed by atoms with Crippen molar-refractivity contribution in [2.24, 2.45) is 5.92 Å². The third kappa shape index (κ3) is 7.22. The van der Waals surface area contributed by atoms with Crippen LogP contribution in [0.2, 0.25) is 0 Å². The van der Waals surface area contributed by atoms with Crippen molar-refractivity contribution in [3.8, 4) is 6.07 Å². The third-order valence-electron chi connectivity index (χ3n) is 4.28. The van der Waals surface area contributed by atoms with Crippen LogP contribution in [0.25, 0.3) is 0 Å². The highest BCUT2D eigenvalue weighted by atomic mass is 16.6. The SMILES string of the molecule is CC(=O)NCC(C(=O)O)C1=CN(NC(=O)OC(C)(C)C)CN1Cc1ccc(C#N)cc1. The van der Waals surface area contributed by atoms with E-state index in [1.54, 1.807) is 49.9 Å². The van der Waals surface area contributed by atoms with Crippen LogP contribution in [-0.2, 0) is 20.9 Å². The second-order valence-corrected chi connectivity index (χ2v) is 8.11. The summed E-state index contributed by atoms with van der Waals surface area (Å²) in [5, 5.41) is 22.7. The van der Waals surface area contributed by atoms with Crippen molar-refractivity contribution in [1.82, 2.24) is 20.7 Å². The van der Waals surface area contributed by atoms with Crippen LogP contribution < -0.4 is 10.7 Å². The summed E-state index contributed by atoms with van der Waals surface area (Å²) < 4.78 is 5.26. The lowest BCUT2D eigenvalue weighted by Gasteiger charge is -2.27. The minimum Gasteiger partial charge on any atom is -0.481 e. The van der Waals surface area contributed by atoms with E-state index < -0.39 is 23.6 Å². The average Bonchev–Trinajstić information content (AvgIpc) is 3.02. The van der Waals surface area contributed by atoms with E-state index in [1.165, 1.54) is 18.1 Å². The van der Waals surface area contributed by atoms with Crippen LogP contribution in [0.4, 0.5) is 4.79 Å². The Kier molecular flexibility index (Phi) is 7.47. The molecule has 10 heteroatoms. The maximum absolute atomic E-state index is 12.1. The number of nitrogens with zero attached hydrogens (tertiary/aromatic N) is 3. The summed E-state index contributed by atoms with van der Waals surface area (Å²) in [6, 6.07) is 8.97. The van der Waals surface area contributed by atoms with Gasteiger partial charge in [0.1, 0.15) is 18.2 Å². The molecule has 1 unspecified atom stereocenters. The van der Waals surface area contributed by atoms with Crippen LogP contribution in [-0.4, -0.2) is 51.8 Å². The summed E-state index contributed by atoms with van der Waals surface area (Å²) in [4.78, 5) is 37.2. The van der Waals surface area contributed by atoms with E-state index in [0.29, 0.717) is 17.8 Å². The third-order valence-corrected chi connectivity index (χ3v) is 4.28. The van der Waals surface area contributed by atoms with Crippen molar-refractivity contribution in [2.75, 3.05) is 13.2 Å². The molecule has 166 valence electrons. The molecule has 0 radical (unpaired) electrons. The van der Waals surface area contributed by atoms with Gasteiger partial charge in [-0.05, 0) is 38.5 Å². The Balaban J connectivity index is 2.24. The van der Waals surface area contributed by atoms with E-state index in [4.69, 9.17) is 10.00 Å². The molecule has 2 amide bonds. The number of carbonyl (C=O) groups excluding carboxylic acids is 2. The van der Waals surface area contributed by atoms with Crippen molar-refractivity contribution < 1.29 is 24.2 Å². The van der Waals surface area contributed by atoms with Gasteiger partial charge in [-0.3, -0.25) is 14.6 Å². The molecule has 31 heavy (non-hydrogen) atoms. The molecule has 10 nitrogen and oxygen atoms in total. The highest BCUT2D eigenvalue weighted by Gasteiger charge is 2.33. The smallest absolute Gasteiger partial charge is 0.426 e. The van der Waals surface area contributed by atoms with E-state index in [9.17, 15) is 19.5 Å². The van der Waals surface area contributed by atoms with Gasteiger partial charge >= 0.3 is 12.1 Å². The van der Waals surface area contributed by atoms with Crippen molar-refractivity contribution in [1.29, 1.82) is 5.26 Å². The minimum atomic E-state index is -1.11. The number of nitriles is 1. The Morgan fingerprint density at radius 2 is 1.90 bits per heavy atom. The van der Waals surface area contributed by atoms with Gasteiger partial charge in [0.2, 0.25) is 5.91 Å². The number of rotatable bonds is 7. The van der Waals surface area contributed by atoms with Crippen molar-refractivity contribution in [3.05, 3.63) is 47.3 Å². The van der Waals surface area contributed by atoms with Crippen LogP contribution in [0, 0.1) is 17.2 Å². The molecule has 1 atom stereocenters. The molecule has 0 aliphatic carbocycles. The van der Waals surface area contributed by atoms with Crippen molar-refractivity contribution in [2.45, 2.75) is 39.8 Å². The molecule has 1 heterocycles. The summed E-state index contributed by atoms with van der Waals surface area (Å²) in [6.45, 7) is 6.95. The summed E-state index contributed by atoms with van der Waals surface area (Å²) in [7, 11) is 0. The van der Waals surface area contributed by atoms with E-state index in [-0.39, 0.29) is 19.1 Å². The van der Waals surface area contributed by atoms with Gasteiger partial charge in [-0.15, -0.1) is 0 Å². The molecule has 1 aliphatic rings. The molecule has 2 rings (SSSR count). The Morgan fingerprint density at radius 1 is 1.26 bits per heavy atom. The fourth-order valence-corrected chi connectivity index (χ4v) is 2.95. The van der Waals surface area contributed by atoms with Crippen LogP contribution in [0.3, 0.4) is 0 Å². The van der Waals surface area contributed by atoms with Crippen molar-refractivity contribution >= 4 is 18.0 Å². The highest BCUT2D eigenvalue weighted by molar-refractivity contribution is 5.77. The molecule has 1 aromatic carbocycles. The molecule has 1 aromatic rings. The zero-order valence-electron chi connectivity index (χ0n) is 18.0. The molecule has 0 spiro atoms. The first kappa shape index (κ1) is 23.5. The molecular formula is C21H27N5O5. The lowest BCUT2D eigenvalue weighted by atomic mass is 10.0. The number of hydrogen-bond acceptors (Lipinski definition) is 7. The molecule has 3 N–H and O–H groups in total. The molecular weight excluding hydrogens is 402 g/mol. The number of aliphatic carboxylic acids is 1. The second kappa shape index (κ2) is 9.84. The van der Waals surface area contributed by atoms with Gasteiger partial charge in [0.25, 0.3) is 0 Å². The number of ether oxygens (including phenoxy) is 1. The standard InChI is InChI=1S/C21H27N5O5/c1-14(27)23-10-17(19(28)29)18-12-26(24-20(30)31-21(2,3)4)13-25(18)11-16-7-5-15(9-22)6-8-16/h5-8,12,17H,10-11,13H2,1-4H3,(H,23,27)(H,24,30)(H,28,29). The molecule has 1 aliphatic heterocycles. The number of carbonyl (C=O) groups is 3. The summed E-state index contributed by atoms with van der Waals surface area (Å²) in [5.74, 6) is -2.47. The first-order valence-corrected chi connectivity index (χ1v) is 9.67. The van der Waals surface area contributed by atoms with Gasteiger partial charge in [-0.1, -0.05) is 12.1 Å². The maximum atomic E-state index is 12.1. The highest BCUT2D eigenvalue weighted by Crippen LogP contribution is 2.25. The zero-order chi connectivity index (χ0) is 23.2. The van der Waals surface area contributed by atoms with E-state index in [2.05, 4.69) is 16.8 Å². The number of amides is 2. The van der Waals surface area contributed by atoms with Gasteiger partial charge in [0.15, 0.2) is 0 Å². The number of benzene rings is 1. The van der Waals surface area contributed by atoms with Crippen LogP contribution in [0.15, 0.2) is 36.2 Å². The zero-order valence-corrected chi connectivity index (χ0v) is 18.0. The Morgan fingerprint density at radius 3 is 2.42 bits per heavy atom. The second-order valence-electron chi connectivity index (χ2n) is 8.11. The predicted molar refractivity (Wildman–Crippen MR) is 111 cm³/mol. The van der Waals surface area contributed by atoms with Gasteiger partial charge in [0, 0.05) is 31.9 Å². The number of carboxylic acids is 1. The van der Waals surface area contributed by atoms with Gasteiger partial charge in [-0.2, -0.15) is 5.26 Å². The summed E-state index contributed by atoms with van der Waals surface area (Å²) >= 11 is 0. The Bertz CT molecular complexity index is 898. The van der Waals surface area contributed by atoms with E-state index in [1.807, 2.05) is 0 Å². The Hall–Kier alpha value is -3.74. The van der Waals surface area contributed by atoms with Crippen LogP contribution in [0.5, 0.6) is 0 Å². The van der Waals surface area contributed by atoms with Crippen LogP contribution in [0.1, 0.15) is 38.8 Å². The summed E-state index contributed by atoms with van der Waals surface area (Å²) in [5.41, 5.74) is 3.69. The quantitative estimate of drug-likeness (QED) is 0.597. The Labute approximate surface area is 181 Å². The lowest BCUT2D eigenvalue weighted by Crippen LogP contribution is -2.43. The molecule has 0 bridgehead atoms. The number of nitrogens with one attached hydrogen (secondary N) is 2. The fourth-order valence-electron chi connectivity index (χ4n) is 2.95. The molecule has 0 aromatic heterocycles. The number of hydrogen-bond donors (Lipinski definition) is 3. The van der Waals surface area contributed by atoms with E-state index in [0.717, 1.165) is 5.56 Å². The van der Waals surface area contributed by atoms with Gasteiger partial charge < -0.3 is 20.1 Å². The van der Waals surface area contributed by atoms with Gasteiger partial charge in [0.05, 0.1) is 11.6 Å². The lowest BCUT2D eigenvalue weighted by molar-refractivity contribution is -0.140. The summed E-state index contributed by atoms with van der Waals surface area (Å²) in [6.07, 6.45) is 0.853. The molecule has 0 fully saturated rings. The topological polar surface area (TPSA) is 135 Å². The fraction of sp³-hybridized carbons (Fsp3) is 0.429. The maximum Gasteiger partial charge on any atom is 0.426 e. The average molecular weight is 429 g/mol. The molecule has 0 saturated heterocycles. The van der Waals surface area contributed by atoms with Gasteiger partial charge in [-0.25, -0.2) is 10.2 Å². The van der Waals surface area contributed by atoms with Crippen molar-refractivity contribution in [3.63, 3.8) is 0 Å². The minimum absolute atomic E-state index is 0.0966. The van der Waals surface area contributed by atoms with E-state index >= 15 is 0 Å². The first-order valence-electron chi connectivity index (χ1n) is 9.67. The largest absolute Gasteiger partial charge is 0.481 e. The molecule has 0 saturated carbocycles. The monoisotopic (exact) mass is 429 g/mol. The normalized spacial score (nSPS) is 14.4. The predicted octanol–water partition coefficient (Wildman–Crippen LogP) is 1.75. The first-order chi connectivity index (χ1) is 14.5. The number of carboxylic acid groups (broad SMARTS) is 1. The number of hydrazine groups is 1. The van der Waals surface area contributed by atoms with Crippen LogP contribution >= 0.6 is 0 Å².